The maximum atomic E-state index is 12.5. The number of carbonyl (C=O) groups is 2. The second-order valence-electron chi connectivity index (χ2n) is 14.1. The number of rotatable bonds is 3. The van der Waals surface area contributed by atoms with E-state index >= 15 is 0 Å². The Morgan fingerprint density at radius 1 is 1.08 bits per heavy atom. The minimum absolute atomic E-state index is 0.0147. The largest absolute Gasteiger partial charge is 0.458 e. The number of esters is 2. The van der Waals surface area contributed by atoms with Crippen LogP contribution in [-0.4, -0.2) is 57.8 Å². The van der Waals surface area contributed by atoms with Crippen molar-refractivity contribution >= 4 is 11.9 Å². The van der Waals surface area contributed by atoms with Crippen LogP contribution in [0.4, 0.5) is 0 Å². The van der Waals surface area contributed by atoms with E-state index in [1.54, 1.807) is 6.92 Å². The van der Waals surface area contributed by atoms with Crippen LogP contribution in [0.15, 0.2) is 11.6 Å². The molecule has 0 aromatic heterocycles. The van der Waals surface area contributed by atoms with E-state index in [1.807, 2.05) is 6.08 Å². The quantitative estimate of drug-likeness (QED) is 0.545. The third-order valence-corrected chi connectivity index (χ3v) is 12.4. The molecule has 0 amide bonds. The summed E-state index contributed by atoms with van der Waals surface area (Å²) < 4.78 is 18.4. The lowest BCUT2D eigenvalue weighted by molar-refractivity contribution is -0.210. The number of ether oxygens (including phenoxy) is 3. The van der Waals surface area contributed by atoms with Crippen molar-refractivity contribution < 1.29 is 34.0 Å². The van der Waals surface area contributed by atoms with Crippen molar-refractivity contribution in [3.05, 3.63) is 11.6 Å². The highest BCUT2D eigenvalue weighted by atomic mass is 16.6. The van der Waals surface area contributed by atoms with Crippen molar-refractivity contribution in [2.75, 3.05) is 6.61 Å². The van der Waals surface area contributed by atoms with Crippen LogP contribution < -0.4 is 0 Å². The monoisotopic (exact) mass is 516 g/mol. The molecular weight excluding hydrogens is 472 g/mol. The summed E-state index contributed by atoms with van der Waals surface area (Å²) in [4.78, 5) is 24.8. The van der Waals surface area contributed by atoms with Crippen LogP contribution >= 0.6 is 0 Å². The maximum absolute atomic E-state index is 12.5. The molecule has 3 aliphatic heterocycles. The Labute approximate surface area is 220 Å². The van der Waals surface area contributed by atoms with E-state index in [0.29, 0.717) is 18.4 Å². The van der Waals surface area contributed by atoms with Gasteiger partial charge in [0.2, 0.25) is 0 Å². The van der Waals surface area contributed by atoms with Gasteiger partial charge in [-0.2, -0.15) is 0 Å². The van der Waals surface area contributed by atoms with Gasteiger partial charge in [0.25, 0.3) is 0 Å². The van der Waals surface area contributed by atoms with Crippen molar-refractivity contribution in [2.24, 2.45) is 34.5 Å². The molecule has 3 saturated carbocycles. The topological polar surface area (TPSA) is 102 Å². The molecule has 0 unspecified atom stereocenters. The summed E-state index contributed by atoms with van der Waals surface area (Å²) in [5.41, 5.74) is -2.19. The van der Waals surface area contributed by atoms with Crippen LogP contribution in [-0.2, 0) is 23.8 Å². The standard InChI is InChI=1S/C30H44O7/c1-17-6-7-20(35-25(17)33)18(2)19-10-11-28(16-31)22-9-8-21-26(3,4)36-23-14-24(32)37-30(21,23)15-29(22,34)13-12-27(19,28)5/h6,18-23,31,34H,7-16H2,1-5H3/t18-,19+,20-,21-,22-,23+,27+,28+,29-,30+/m0/s1. The van der Waals surface area contributed by atoms with Gasteiger partial charge in [0.15, 0.2) is 0 Å². The molecule has 0 aromatic rings. The van der Waals surface area contributed by atoms with E-state index in [1.165, 1.54) is 0 Å². The molecule has 0 aromatic carbocycles. The van der Waals surface area contributed by atoms with Crippen LogP contribution in [0.2, 0.25) is 0 Å². The molecule has 0 bridgehead atoms. The summed E-state index contributed by atoms with van der Waals surface area (Å²) >= 11 is 0. The van der Waals surface area contributed by atoms with Crippen molar-refractivity contribution in [3.8, 4) is 0 Å². The van der Waals surface area contributed by atoms with Gasteiger partial charge in [-0.3, -0.25) is 4.79 Å². The summed E-state index contributed by atoms with van der Waals surface area (Å²) in [6.45, 7) is 10.5. The van der Waals surface area contributed by atoms with Gasteiger partial charge >= 0.3 is 11.9 Å². The SMILES string of the molecule is CC1=CC[C@@H]([C@@H](C)[C@H]2CC[C@@]3(CO)[C@@H]4CC[C@H]5C(C)(C)O[C@@H]6CC(=O)O[C@@]65C[C@@]4(O)CC[C@]23C)OC1=O. The molecular formula is C30H44O7. The fraction of sp³-hybridized carbons (Fsp3) is 0.867. The summed E-state index contributed by atoms with van der Waals surface area (Å²) in [7, 11) is 0. The summed E-state index contributed by atoms with van der Waals surface area (Å²) in [6, 6.07) is 0. The molecule has 2 saturated heterocycles. The smallest absolute Gasteiger partial charge is 0.333 e. The highest BCUT2D eigenvalue weighted by Gasteiger charge is 2.74. The molecule has 6 rings (SSSR count). The Bertz CT molecular complexity index is 1030. The molecule has 3 heterocycles. The van der Waals surface area contributed by atoms with Crippen molar-refractivity contribution in [2.45, 2.75) is 121 Å². The van der Waals surface area contributed by atoms with Crippen LogP contribution in [0.1, 0.15) is 92.4 Å². The first-order valence-electron chi connectivity index (χ1n) is 14.4. The molecule has 0 radical (unpaired) electrons. The Balaban J connectivity index is 1.35. The van der Waals surface area contributed by atoms with Crippen LogP contribution in [0.3, 0.4) is 0 Å². The Hall–Kier alpha value is -1.44. The lowest BCUT2D eigenvalue weighted by Crippen LogP contribution is -2.62. The fourth-order valence-corrected chi connectivity index (χ4v) is 10.6. The Morgan fingerprint density at radius 2 is 1.81 bits per heavy atom. The van der Waals surface area contributed by atoms with Crippen molar-refractivity contribution in [3.63, 3.8) is 0 Å². The zero-order valence-corrected chi connectivity index (χ0v) is 23.0. The molecule has 5 fully saturated rings. The maximum Gasteiger partial charge on any atom is 0.333 e. The molecule has 1 spiro atoms. The molecule has 10 atom stereocenters. The molecule has 3 aliphatic carbocycles. The molecule has 2 N–H and O–H groups in total. The Morgan fingerprint density at radius 3 is 2.51 bits per heavy atom. The van der Waals surface area contributed by atoms with Gasteiger partial charge in [-0.15, -0.1) is 0 Å². The van der Waals surface area contributed by atoms with Gasteiger partial charge < -0.3 is 24.4 Å². The first-order valence-corrected chi connectivity index (χ1v) is 14.4. The number of fused-ring (bicyclic) bond motifs is 3. The first kappa shape index (κ1) is 25.8. The molecule has 7 heteroatoms. The van der Waals surface area contributed by atoms with E-state index in [-0.39, 0.29) is 66.3 Å². The number of aliphatic hydroxyl groups is 2. The lowest BCUT2D eigenvalue weighted by Gasteiger charge is -2.61. The molecule has 37 heavy (non-hydrogen) atoms. The zero-order chi connectivity index (χ0) is 26.6. The minimum atomic E-state index is -1.03. The van der Waals surface area contributed by atoms with Gasteiger partial charge in [0.1, 0.15) is 17.8 Å². The summed E-state index contributed by atoms with van der Waals surface area (Å²) in [5.74, 6) is -0.0850. The van der Waals surface area contributed by atoms with Crippen LogP contribution in [0, 0.1) is 34.5 Å². The lowest BCUT2D eigenvalue weighted by atomic mass is 9.46. The van der Waals surface area contributed by atoms with Gasteiger partial charge in [-0.1, -0.05) is 19.9 Å². The third-order valence-electron chi connectivity index (χ3n) is 12.4. The van der Waals surface area contributed by atoms with Crippen molar-refractivity contribution in [1.82, 2.24) is 0 Å². The molecule has 7 nitrogen and oxygen atoms in total. The highest BCUT2D eigenvalue weighted by molar-refractivity contribution is 5.88. The normalized spacial score (nSPS) is 51.1. The predicted molar refractivity (Wildman–Crippen MR) is 135 cm³/mol. The number of hydrogen-bond donors (Lipinski definition) is 2. The Kier molecular flexibility index (Phi) is 5.61. The second kappa shape index (κ2) is 8.04. The van der Waals surface area contributed by atoms with Gasteiger partial charge in [-0.05, 0) is 82.5 Å². The van der Waals surface area contributed by atoms with Gasteiger partial charge in [-0.25, -0.2) is 4.79 Å². The number of carbonyl (C=O) groups excluding carboxylic acids is 2. The highest BCUT2D eigenvalue weighted by Crippen LogP contribution is 2.72. The number of hydrogen-bond acceptors (Lipinski definition) is 7. The van der Waals surface area contributed by atoms with E-state index in [4.69, 9.17) is 14.2 Å². The zero-order valence-electron chi connectivity index (χ0n) is 23.0. The van der Waals surface area contributed by atoms with Crippen molar-refractivity contribution in [1.29, 1.82) is 0 Å². The number of aliphatic hydroxyl groups excluding tert-OH is 1. The molecule has 6 aliphatic rings. The van der Waals surface area contributed by atoms with E-state index in [9.17, 15) is 19.8 Å². The predicted octanol–water partition coefficient (Wildman–Crippen LogP) is 4.08. The van der Waals surface area contributed by atoms with Crippen LogP contribution in [0.25, 0.3) is 0 Å². The third kappa shape index (κ3) is 3.29. The number of cyclic esters (lactones) is 1. The van der Waals surface area contributed by atoms with Gasteiger partial charge in [0.05, 0.1) is 17.6 Å². The average molecular weight is 517 g/mol. The molecule has 206 valence electrons. The van der Waals surface area contributed by atoms with E-state index in [0.717, 1.165) is 38.5 Å². The van der Waals surface area contributed by atoms with E-state index in [2.05, 4.69) is 27.7 Å². The minimum Gasteiger partial charge on any atom is -0.458 e. The average Bonchev–Trinajstić information content (AvgIpc) is 3.31. The first-order chi connectivity index (χ1) is 17.3. The van der Waals surface area contributed by atoms with Crippen LogP contribution in [0.5, 0.6) is 0 Å². The fourth-order valence-electron chi connectivity index (χ4n) is 10.6. The second-order valence-corrected chi connectivity index (χ2v) is 14.1. The van der Waals surface area contributed by atoms with Gasteiger partial charge in [0, 0.05) is 36.4 Å². The summed E-state index contributed by atoms with van der Waals surface area (Å²) in [5, 5.41) is 23.6. The summed E-state index contributed by atoms with van der Waals surface area (Å²) in [6.07, 6.45) is 7.65. The van der Waals surface area contributed by atoms with E-state index < -0.39 is 22.2 Å².